The second kappa shape index (κ2) is 8.14. The van der Waals surface area contributed by atoms with Gasteiger partial charge in [0.05, 0.1) is 0 Å². The largest absolute Gasteiger partial charge is 0.338 e. The molecular weight excluding hydrogens is 292 g/mol. The predicted molar refractivity (Wildman–Crippen MR) is 80.0 cm³/mol. The summed E-state index contributed by atoms with van der Waals surface area (Å²) in [6.45, 7) is 4.89. The normalized spacial score (nSPS) is 10.2. The summed E-state index contributed by atoms with van der Waals surface area (Å²) >= 11 is 3.40. The number of benzene rings is 1. The first-order valence-corrected chi connectivity index (χ1v) is 7.23. The number of anilines is 1. The highest BCUT2D eigenvalue weighted by Crippen LogP contribution is 2.19. The van der Waals surface area contributed by atoms with Crippen molar-refractivity contribution in [1.82, 2.24) is 5.32 Å². The highest BCUT2D eigenvalue weighted by Gasteiger charge is 2.03. The predicted octanol–water partition coefficient (Wildman–Crippen LogP) is 4.46. The maximum atomic E-state index is 11.6. The molecule has 1 aromatic rings. The van der Waals surface area contributed by atoms with Crippen molar-refractivity contribution in [2.75, 3.05) is 11.9 Å². The van der Waals surface area contributed by atoms with Crippen LogP contribution in [0.15, 0.2) is 22.7 Å². The Labute approximate surface area is 117 Å². The molecule has 0 aliphatic heterocycles. The molecule has 0 aliphatic rings. The fourth-order valence-corrected chi connectivity index (χ4v) is 2.16. The molecule has 0 saturated heterocycles. The van der Waals surface area contributed by atoms with Gasteiger partial charge in [-0.1, -0.05) is 42.1 Å². The van der Waals surface area contributed by atoms with E-state index in [1.807, 2.05) is 25.1 Å². The number of halogens is 1. The second-order valence-corrected chi connectivity index (χ2v) is 5.32. The van der Waals surface area contributed by atoms with E-state index in [0.717, 1.165) is 28.7 Å². The summed E-state index contributed by atoms with van der Waals surface area (Å²) in [5, 5.41) is 5.73. The van der Waals surface area contributed by atoms with Crippen LogP contribution in [0.2, 0.25) is 0 Å². The highest BCUT2D eigenvalue weighted by molar-refractivity contribution is 9.10. The van der Waals surface area contributed by atoms with E-state index in [1.165, 1.54) is 19.3 Å². The van der Waals surface area contributed by atoms with Gasteiger partial charge < -0.3 is 10.6 Å². The number of carbonyl (C=O) groups excluding carboxylic acids is 1. The lowest BCUT2D eigenvalue weighted by molar-refractivity contribution is 0.252. The van der Waals surface area contributed by atoms with Crippen molar-refractivity contribution in [3.8, 4) is 0 Å². The number of hydrogen-bond donors (Lipinski definition) is 2. The first-order chi connectivity index (χ1) is 8.63. The number of rotatable bonds is 6. The van der Waals surface area contributed by atoms with E-state index in [1.54, 1.807) is 0 Å². The van der Waals surface area contributed by atoms with Crippen LogP contribution in [0, 0.1) is 6.92 Å². The number of carbonyl (C=O) groups is 1. The summed E-state index contributed by atoms with van der Waals surface area (Å²) in [6.07, 6.45) is 4.66. The molecule has 1 aromatic carbocycles. The van der Waals surface area contributed by atoms with Gasteiger partial charge in [-0.3, -0.25) is 0 Å². The summed E-state index contributed by atoms with van der Waals surface area (Å²) in [7, 11) is 0. The van der Waals surface area contributed by atoms with Crippen molar-refractivity contribution in [1.29, 1.82) is 0 Å². The Kier molecular flexibility index (Phi) is 6.80. The van der Waals surface area contributed by atoms with E-state index in [0.29, 0.717) is 0 Å². The Hall–Kier alpha value is -1.03. The fraction of sp³-hybridized carbons (Fsp3) is 0.500. The van der Waals surface area contributed by atoms with Crippen molar-refractivity contribution < 1.29 is 4.79 Å². The van der Waals surface area contributed by atoms with Crippen molar-refractivity contribution in [2.45, 2.75) is 39.5 Å². The van der Waals surface area contributed by atoms with Crippen LogP contribution in [0.5, 0.6) is 0 Å². The maximum absolute atomic E-state index is 11.6. The van der Waals surface area contributed by atoms with Crippen LogP contribution in [0.25, 0.3) is 0 Å². The molecule has 100 valence electrons. The average molecular weight is 313 g/mol. The summed E-state index contributed by atoms with van der Waals surface area (Å²) in [5.74, 6) is 0. The minimum Gasteiger partial charge on any atom is -0.338 e. The zero-order valence-electron chi connectivity index (χ0n) is 11.1. The van der Waals surface area contributed by atoms with E-state index >= 15 is 0 Å². The Morgan fingerprint density at radius 1 is 1.28 bits per heavy atom. The topological polar surface area (TPSA) is 41.1 Å². The van der Waals surface area contributed by atoms with Gasteiger partial charge in [-0.15, -0.1) is 0 Å². The minimum atomic E-state index is -0.128. The SMILES string of the molecule is CCCCCCNC(=O)Nc1ccc(Br)cc1C. The second-order valence-electron chi connectivity index (χ2n) is 4.40. The highest BCUT2D eigenvalue weighted by atomic mass is 79.9. The lowest BCUT2D eigenvalue weighted by atomic mass is 10.2. The van der Waals surface area contributed by atoms with Crippen LogP contribution >= 0.6 is 15.9 Å². The molecule has 0 spiro atoms. The van der Waals surface area contributed by atoms with Crippen LogP contribution in [-0.2, 0) is 0 Å². The van der Waals surface area contributed by atoms with Crippen molar-refractivity contribution in [2.24, 2.45) is 0 Å². The molecule has 0 heterocycles. The van der Waals surface area contributed by atoms with Gasteiger partial charge in [0.1, 0.15) is 0 Å². The maximum Gasteiger partial charge on any atom is 0.319 e. The molecule has 0 bridgehead atoms. The monoisotopic (exact) mass is 312 g/mol. The summed E-state index contributed by atoms with van der Waals surface area (Å²) < 4.78 is 1.02. The molecule has 0 aliphatic carbocycles. The Bertz CT molecular complexity index is 393. The summed E-state index contributed by atoms with van der Waals surface area (Å²) in [5.41, 5.74) is 1.90. The van der Waals surface area contributed by atoms with Crippen LogP contribution in [0.3, 0.4) is 0 Å². The number of nitrogens with one attached hydrogen (secondary N) is 2. The fourth-order valence-electron chi connectivity index (χ4n) is 1.69. The first-order valence-electron chi connectivity index (χ1n) is 6.44. The molecule has 0 aromatic heterocycles. The zero-order valence-corrected chi connectivity index (χ0v) is 12.6. The van der Waals surface area contributed by atoms with Crippen molar-refractivity contribution in [3.63, 3.8) is 0 Å². The molecule has 3 nitrogen and oxygen atoms in total. The molecule has 2 amide bonds. The van der Waals surface area contributed by atoms with Crippen molar-refractivity contribution >= 4 is 27.6 Å². The van der Waals surface area contributed by atoms with Crippen LogP contribution in [-0.4, -0.2) is 12.6 Å². The van der Waals surface area contributed by atoms with Gasteiger partial charge in [0.25, 0.3) is 0 Å². The van der Waals surface area contributed by atoms with Gasteiger partial charge in [-0.2, -0.15) is 0 Å². The zero-order chi connectivity index (χ0) is 13.4. The van der Waals surface area contributed by atoms with E-state index in [-0.39, 0.29) is 6.03 Å². The molecule has 0 fully saturated rings. The third-order valence-electron chi connectivity index (χ3n) is 2.75. The average Bonchev–Trinajstić information content (AvgIpc) is 2.32. The first kappa shape index (κ1) is 15.0. The van der Waals surface area contributed by atoms with Crippen LogP contribution in [0.4, 0.5) is 10.5 Å². The van der Waals surface area contributed by atoms with Gasteiger partial charge in [0.2, 0.25) is 0 Å². The molecule has 0 radical (unpaired) electrons. The molecule has 1 rings (SSSR count). The smallest absolute Gasteiger partial charge is 0.319 e. The molecule has 18 heavy (non-hydrogen) atoms. The standard InChI is InChI=1S/C14H21BrN2O/c1-3-4-5-6-9-16-14(18)17-13-8-7-12(15)10-11(13)2/h7-8,10H,3-6,9H2,1-2H3,(H2,16,17,18). The number of unbranched alkanes of at least 4 members (excludes halogenated alkanes) is 3. The summed E-state index contributed by atoms with van der Waals surface area (Å²) in [4.78, 5) is 11.6. The van der Waals surface area contributed by atoms with Crippen molar-refractivity contribution in [3.05, 3.63) is 28.2 Å². The lowest BCUT2D eigenvalue weighted by Crippen LogP contribution is -2.29. The molecule has 2 N–H and O–H groups in total. The van der Waals surface area contributed by atoms with E-state index in [2.05, 4.69) is 33.5 Å². The lowest BCUT2D eigenvalue weighted by Gasteiger charge is -2.10. The van der Waals surface area contributed by atoms with Gasteiger partial charge in [0, 0.05) is 16.7 Å². The molecule has 4 heteroatoms. The Balaban J connectivity index is 2.31. The Morgan fingerprint density at radius 2 is 2.06 bits per heavy atom. The number of aryl methyl sites for hydroxylation is 1. The van der Waals surface area contributed by atoms with Gasteiger partial charge in [-0.05, 0) is 37.1 Å². The minimum absolute atomic E-state index is 0.128. The van der Waals surface area contributed by atoms with E-state index in [4.69, 9.17) is 0 Å². The third kappa shape index (κ3) is 5.54. The molecule has 0 saturated carbocycles. The Morgan fingerprint density at radius 3 is 2.72 bits per heavy atom. The van der Waals surface area contributed by atoms with E-state index in [9.17, 15) is 4.79 Å². The summed E-state index contributed by atoms with van der Waals surface area (Å²) in [6, 6.07) is 5.67. The van der Waals surface area contributed by atoms with Gasteiger partial charge in [0.15, 0.2) is 0 Å². The number of hydrogen-bond acceptors (Lipinski definition) is 1. The van der Waals surface area contributed by atoms with E-state index < -0.39 is 0 Å². The number of amides is 2. The molecule has 0 unspecified atom stereocenters. The molecule has 0 atom stereocenters. The van der Waals surface area contributed by atoms with Crippen LogP contribution < -0.4 is 10.6 Å². The van der Waals surface area contributed by atoms with Gasteiger partial charge in [-0.25, -0.2) is 4.79 Å². The van der Waals surface area contributed by atoms with Crippen LogP contribution in [0.1, 0.15) is 38.2 Å². The third-order valence-corrected chi connectivity index (χ3v) is 3.25. The quantitative estimate of drug-likeness (QED) is 0.748. The van der Waals surface area contributed by atoms with Gasteiger partial charge >= 0.3 is 6.03 Å². The number of urea groups is 1. The molecular formula is C14H21BrN2O.